The van der Waals surface area contributed by atoms with Gasteiger partial charge in [0.1, 0.15) is 5.69 Å². The van der Waals surface area contributed by atoms with Gasteiger partial charge in [-0.25, -0.2) is 0 Å². The van der Waals surface area contributed by atoms with Crippen LogP contribution in [0.2, 0.25) is 0 Å². The van der Waals surface area contributed by atoms with Crippen LogP contribution in [0.1, 0.15) is 12.5 Å². The van der Waals surface area contributed by atoms with E-state index in [1.54, 1.807) is 18.7 Å². The van der Waals surface area contributed by atoms with Crippen molar-refractivity contribution in [2.24, 2.45) is 5.10 Å². The third-order valence-electron chi connectivity index (χ3n) is 3.24. The van der Waals surface area contributed by atoms with Gasteiger partial charge < -0.3 is 0 Å². The van der Waals surface area contributed by atoms with Crippen LogP contribution >= 0.6 is 11.8 Å². The molecule has 0 amide bonds. The first-order valence-electron chi connectivity index (χ1n) is 6.80. The highest BCUT2D eigenvalue weighted by atomic mass is 32.2. The number of anilines is 1. The molecule has 0 radical (unpaired) electrons. The van der Waals surface area contributed by atoms with Crippen LogP contribution in [0.4, 0.5) is 17.1 Å². The summed E-state index contributed by atoms with van der Waals surface area (Å²) in [5.74, 6) is 0. The van der Waals surface area contributed by atoms with Crippen molar-refractivity contribution in [2.75, 3.05) is 11.7 Å². The number of nitro groups is 2. The lowest BCUT2D eigenvalue weighted by Gasteiger charge is -2.05. The normalized spacial score (nSPS) is 11.2. The fourth-order valence-corrected chi connectivity index (χ4v) is 2.33. The standard InChI is InChI=1S/C15H14N4O4S/c1-10(11-3-6-13(24-2)7-4-11)16-17-14-8-5-12(18(20)21)9-15(14)19(22)23/h3-9,17H,1-2H3/b16-10+. The Morgan fingerprint density at radius 2 is 1.75 bits per heavy atom. The van der Waals surface area contributed by atoms with Gasteiger partial charge in [-0.3, -0.25) is 25.7 Å². The molecule has 0 aromatic heterocycles. The molecule has 0 saturated heterocycles. The van der Waals surface area contributed by atoms with Crippen LogP contribution in [0.15, 0.2) is 52.5 Å². The van der Waals surface area contributed by atoms with Crippen LogP contribution in [-0.2, 0) is 0 Å². The lowest BCUT2D eigenvalue weighted by Crippen LogP contribution is -2.02. The molecule has 2 aromatic carbocycles. The molecule has 0 aliphatic carbocycles. The summed E-state index contributed by atoms with van der Waals surface area (Å²) in [6, 6.07) is 11.1. The number of nitrogens with zero attached hydrogens (tertiary/aromatic N) is 3. The van der Waals surface area contributed by atoms with Gasteiger partial charge in [-0.1, -0.05) is 12.1 Å². The number of rotatable bonds is 6. The van der Waals surface area contributed by atoms with E-state index in [1.807, 2.05) is 30.5 Å². The lowest BCUT2D eigenvalue weighted by atomic mass is 10.1. The zero-order valence-corrected chi connectivity index (χ0v) is 13.7. The summed E-state index contributed by atoms with van der Waals surface area (Å²) in [5.41, 5.74) is 3.44. The predicted molar refractivity (Wildman–Crippen MR) is 93.8 cm³/mol. The molecule has 9 heteroatoms. The molecule has 0 bridgehead atoms. The maximum atomic E-state index is 11.1. The molecular weight excluding hydrogens is 332 g/mol. The van der Waals surface area contributed by atoms with Crippen molar-refractivity contribution in [3.63, 3.8) is 0 Å². The Bertz CT molecular complexity index is 806. The predicted octanol–water partition coefficient (Wildman–Crippen LogP) is 4.06. The zero-order valence-electron chi connectivity index (χ0n) is 12.9. The van der Waals surface area contributed by atoms with Gasteiger partial charge in [-0.2, -0.15) is 5.10 Å². The van der Waals surface area contributed by atoms with Gasteiger partial charge in [0.25, 0.3) is 5.69 Å². The van der Waals surface area contributed by atoms with Crippen molar-refractivity contribution in [3.05, 3.63) is 68.3 Å². The molecule has 0 saturated carbocycles. The third kappa shape index (κ3) is 4.07. The first-order valence-corrected chi connectivity index (χ1v) is 8.02. The maximum Gasteiger partial charge on any atom is 0.301 e. The van der Waals surface area contributed by atoms with Crippen molar-refractivity contribution < 1.29 is 9.85 Å². The number of nitro benzene ring substituents is 2. The third-order valence-corrected chi connectivity index (χ3v) is 3.98. The summed E-state index contributed by atoms with van der Waals surface area (Å²) in [6.45, 7) is 1.76. The molecule has 2 aromatic rings. The van der Waals surface area contributed by atoms with Gasteiger partial charge in [0.05, 0.1) is 21.6 Å². The van der Waals surface area contributed by atoms with Crippen LogP contribution in [0.5, 0.6) is 0 Å². The van der Waals surface area contributed by atoms with E-state index in [9.17, 15) is 20.2 Å². The molecule has 0 fully saturated rings. The van der Waals surface area contributed by atoms with Crippen LogP contribution < -0.4 is 5.43 Å². The van der Waals surface area contributed by atoms with Gasteiger partial charge >= 0.3 is 5.69 Å². The van der Waals surface area contributed by atoms with Crippen molar-refractivity contribution in [2.45, 2.75) is 11.8 Å². The Morgan fingerprint density at radius 1 is 1.08 bits per heavy atom. The topological polar surface area (TPSA) is 111 Å². The van der Waals surface area contributed by atoms with E-state index in [-0.39, 0.29) is 11.4 Å². The minimum atomic E-state index is -0.687. The van der Waals surface area contributed by atoms with Crippen LogP contribution in [-0.4, -0.2) is 21.8 Å². The largest absolute Gasteiger partial charge is 0.301 e. The SMILES string of the molecule is CSc1ccc(/C(C)=N/Nc2ccc([N+](=O)[O-])cc2[N+](=O)[O-])cc1. The first kappa shape index (κ1) is 17.4. The molecule has 2 rings (SSSR count). The highest BCUT2D eigenvalue weighted by molar-refractivity contribution is 7.98. The molecule has 0 aliphatic heterocycles. The number of benzene rings is 2. The smallest absolute Gasteiger partial charge is 0.271 e. The molecule has 124 valence electrons. The summed E-state index contributed by atoms with van der Waals surface area (Å²) in [6.07, 6.45) is 1.98. The Kier molecular flexibility index (Phi) is 5.48. The highest BCUT2D eigenvalue weighted by Gasteiger charge is 2.19. The Balaban J connectivity index is 2.26. The number of nitrogens with one attached hydrogen (secondary N) is 1. The number of thioether (sulfide) groups is 1. The van der Waals surface area contributed by atoms with E-state index >= 15 is 0 Å². The zero-order chi connectivity index (χ0) is 17.7. The number of hydrazone groups is 1. The van der Waals surface area contributed by atoms with E-state index < -0.39 is 15.5 Å². The van der Waals surface area contributed by atoms with Gasteiger partial charge in [0.2, 0.25) is 0 Å². The molecule has 0 heterocycles. The molecular formula is C15H14N4O4S. The Hall–Kier alpha value is -2.94. The molecule has 0 aliphatic rings. The number of non-ortho nitro benzene ring substituents is 1. The minimum absolute atomic E-state index is 0.0886. The van der Waals surface area contributed by atoms with Crippen LogP contribution in [0.3, 0.4) is 0 Å². The maximum absolute atomic E-state index is 11.1. The minimum Gasteiger partial charge on any atom is -0.271 e. The average molecular weight is 346 g/mol. The quantitative estimate of drug-likeness (QED) is 0.365. The number of hydrogen-bond donors (Lipinski definition) is 1. The first-order chi connectivity index (χ1) is 11.4. The monoisotopic (exact) mass is 346 g/mol. The average Bonchev–Trinajstić information content (AvgIpc) is 2.59. The Morgan fingerprint density at radius 3 is 2.29 bits per heavy atom. The lowest BCUT2D eigenvalue weighted by molar-refractivity contribution is -0.393. The van der Waals surface area contributed by atoms with Crippen LogP contribution in [0, 0.1) is 20.2 Å². The molecule has 8 nitrogen and oxygen atoms in total. The summed E-state index contributed by atoms with van der Waals surface area (Å²) in [4.78, 5) is 21.5. The van der Waals surface area contributed by atoms with Crippen molar-refractivity contribution in [3.8, 4) is 0 Å². The highest BCUT2D eigenvalue weighted by Crippen LogP contribution is 2.29. The van der Waals surface area contributed by atoms with Crippen molar-refractivity contribution in [1.29, 1.82) is 0 Å². The van der Waals surface area contributed by atoms with E-state index in [0.717, 1.165) is 16.5 Å². The molecule has 0 unspecified atom stereocenters. The second-order valence-corrected chi connectivity index (χ2v) is 5.63. The van der Waals surface area contributed by atoms with Crippen LogP contribution in [0.25, 0.3) is 0 Å². The van der Waals surface area contributed by atoms with E-state index in [4.69, 9.17) is 0 Å². The second-order valence-electron chi connectivity index (χ2n) is 4.75. The summed E-state index contributed by atoms with van der Waals surface area (Å²) in [5, 5.41) is 25.9. The van der Waals surface area contributed by atoms with Crippen molar-refractivity contribution in [1.82, 2.24) is 0 Å². The van der Waals surface area contributed by atoms with Crippen molar-refractivity contribution >= 4 is 34.5 Å². The molecule has 24 heavy (non-hydrogen) atoms. The van der Waals surface area contributed by atoms with E-state index in [1.165, 1.54) is 12.1 Å². The second kappa shape index (κ2) is 7.55. The fourth-order valence-electron chi connectivity index (χ4n) is 1.92. The summed E-state index contributed by atoms with van der Waals surface area (Å²) >= 11 is 1.62. The van der Waals surface area contributed by atoms with E-state index in [2.05, 4.69) is 10.5 Å². The number of hydrogen-bond acceptors (Lipinski definition) is 7. The van der Waals surface area contributed by atoms with Gasteiger partial charge in [0, 0.05) is 11.0 Å². The van der Waals surface area contributed by atoms with Gasteiger partial charge in [-0.15, -0.1) is 11.8 Å². The molecule has 1 N–H and O–H groups in total. The molecule has 0 atom stereocenters. The summed E-state index contributed by atoms with van der Waals surface area (Å²) in [7, 11) is 0. The van der Waals surface area contributed by atoms with E-state index in [0.29, 0.717) is 5.71 Å². The molecule has 0 spiro atoms. The summed E-state index contributed by atoms with van der Waals surface area (Å²) < 4.78 is 0. The fraction of sp³-hybridized carbons (Fsp3) is 0.133. The van der Waals surface area contributed by atoms with Gasteiger partial charge in [-0.05, 0) is 36.9 Å². The van der Waals surface area contributed by atoms with Gasteiger partial charge in [0.15, 0.2) is 0 Å². The Labute approximate surface area is 141 Å².